The highest BCUT2D eigenvalue weighted by Gasteiger charge is 2.20. The number of aryl methyl sites for hydroxylation is 1. The van der Waals surface area contributed by atoms with E-state index in [2.05, 4.69) is 22.5 Å². The smallest absolute Gasteiger partial charge is 0.229 e. The summed E-state index contributed by atoms with van der Waals surface area (Å²) >= 11 is 1.45. The zero-order valence-electron chi connectivity index (χ0n) is 12.3. The predicted molar refractivity (Wildman–Crippen MR) is 87.4 cm³/mol. The molecule has 1 N–H and O–H groups in total. The first-order valence-electron chi connectivity index (χ1n) is 7.32. The lowest BCUT2D eigenvalue weighted by molar-refractivity contribution is -0.120. The normalized spacial score (nSPS) is 17.5. The van der Waals surface area contributed by atoms with Crippen molar-refractivity contribution in [3.05, 3.63) is 47.1 Å². The number of amides is 1. The van der Waals surface area contributed by atoms with Crippen LogP contribution in [0.4, 0.5) is 9.52 Å². The number of halogens is 1. The average Bonchev–Trinajstić information content (AvgIpc) is 2.89. The summed E-state index contributed by atoms with van der Waals surface area (Å²) in [5, 5.41) is 3.52. The van der Waals surface area contributed by atoms with Crippen molar-refractivity contribution < 1.29 is 9.18 Å². The van der Waals surface area contributed by atoms with Crippen LogP contribution in [0.25, 0.3) is 11.3 Å². The molecule has 3 nitrogen and oxygen atoms in total. The number of benzene rings is 1. The summed E-state index contributed by atoms with van der Waals surface area (Å²) in [7, 11) is 0. The van der Waals surface area contributed by atoms with Crippen LogP contribution < -0.4 is 5.32 Å². The molecule has 1 aliphatic carbocycles. The number of nitrogens with zero attached hydrogens (tertiary/aromatic N) is 1. The fraction of sp³-hybridized carbons (Fsp3) is 0.294. The maximum Gasteiger partial charge on any atom is 0.229 e. The topological polar surface area (TPSA) is 42.0 Å². The Hall–Kier alpha value is -2.01. The summed E-state index contributed by atoms with van der Waals surface area (Å²) < 4.78 is 13.0. The molecule has 1 amide bonds. The van der Waals surface area contributed by atoms with Crippen molar-refractivity contribution in [3.8, 4) is 11.3 Å². The van der Waals surface area contributed by atoms with E-state index in [1.165, 1.54) is 23.5 Å². The molecular formula is C17H17FN2OS. The van der Waals surface area contributed by atoms with Gasteiger partial charge in [-0.05, 0) is 50.5 Å². The van der Waals surface area contributed by atoms with Gasteiger partial charge < -0.3 is 5.32 Å². The Morgan fingerprint density at radius 1 is 1.32 bits per heavy atom. The van der Waals surface area contributed by atoms with Gasteiger partial charge in [-0.2, -0.15) is 0 Å². The lowest BCUT2D eigenvalue weighted by Gasteiger charge is -2.15. The van der Waals surface area contributed by atoms with Crippen LogP contribution >= 0.6 is 11.3 Å². The lowest BCUT2D eigenvalue weighted by atomic mass is 9.94. The number of allylic oxidation sites excluding steroid dienone is 2. The molecule has 0 aliphatic heterocycles. The van der Waals surface area contributed by atoms with Crippen molar-refractivity contribution in [1.82, 2.24) is 4.98 Å². The van der Waals surface area contributed by atoms with Gasteiger partial charge in [-0.1, -0.05) is 12.2 Å². The Kier molecular flexibility index (Phi) is 4.34. The summed E-state index contributed by atoms with van der Waals surface area (Å²) in [4.78, 5) is 17.7. The number of aromatic nitrogens is 1. The summed E-state index contributed by atoms with van der Waals surface area (Å²) in [5.41, 5.74) is 1.65. The Labute approximate surface area is 132 Å². The van der Waals surface area contributed by atoms with Gasteiger partial charge in [0.15, 0.2) is 5.13 Å². The number of hydrogen-bond donors (Lipinski definition) is 1. The highest BCUT2D eigenvalue weighted by molar-refractivity contribution is 7.16. The van der Waals surface area contributed by atoms with Crippen LogP contribution in [0, 0.1) is 18.7 Å². The summed E-state index contributed by atoms with van der Waals surface area (Å²) in [6.45, 7) is 1.95. The van der Waals surface area contributed by atoms with E-state index in [0.29, 0.717) is 5.13 Å². The first-order valence-corrected chi connectivity index (χ1v) is 8.14. The van der Waals surface area contributed by atoms with E-state index in [4.69, 9.17) is 0 Å². The molecule has 1 aliphatic rings. The van der Waals surface area contributed by atoms with Crippen LogP contribution in [-0.2, 0) is 4.79 Å². The predicted octanol–water partition coefficient (Wildman–Crippen LogP) is 4.55. The second kappa shape index (κ2) is 6.40. The Morgan fingerprint density at radius 3 is 2.77 bits per heavy atom. The van der Waals surface area contributed by atoms with Crippen molar-refractivity contribution in [2.45, 2.75) is 26.2 Å². The van der Waals surface area contributed by atoms with Crippen molar-refractivity contribution in [3.63, 3.8) is 0 Å². The highest BCUT2D eigenvalue weighted by atomic mass is 32.1. The molecule has 3 rings (SSSR count). The van der Waals surface area contributed by atoms with E-state index in [-0.39, 0.29) is 17.6 Å². The lowest BCUT2D eigenvalue weighted by Crippen LogP contribution is -2.23. The van der Waals surface area contributed by atoms with Crippen LogP contribution in [0.2, 0.25) is 0 Å². The number of thiazole rings is 1. The largest absolute Gasteiger partial charge is 0.302 e. The average molecular weight is 316 g/mol. The maximum absolute atomic E-state index is 13.0. The molecule has 0 fully saturated rings. The van der Waals surface area contributed by atoms with Gasteiger partial charge in [0.2, 0.25) is 5.91 Å². The molecule has 1 aromatic heterocycles. The van der Waals surface area contributed by atoms with Crippen molar-refractivity contribution in [2.24, 2.45) is 5.92 Å². The molecule has 0 bridgehead atoms. The van der Waals surface area contributed by atoms with Gasteiger partial charge in [0, 0.05) is 16.4 Å². The molecule has 5 heteroatoms. The molecule has 1 heterocycles. The number of anilines is 1. The first-order chi connectivity index (χ1) is 10.6. The Balaban J connectivity index is 1.76. The second-order valence-electron chi connectivity index (χ2n) is 5.40. The molecule has 22 heavy (non-hydrogen) atoms. The maximum atomic E-state index is 13.0. The summed E-state index contributed by atoms with van der Waals surface area (Å²) in [6, 6.07) is 6.24. The highest BCUT2D eigenvalue weighted by Crippen LogP contribution is 2.31. The van der Waals surface area contributed by atoms with E-state index >= 15 is 0 Å². The Morgan fingerprint density at radius 2 is 2.09 bits per heavy atom. The van der Waals surface area contributed by atoms with Gasteiger partial charge in [0.05, 0.1) is 5.69 Å². The van der Waals surface area contributed by atoms with E-state index in [9.17, 15) is 9.18 Å². The zero-order valence-corrected chi connectivity index (χ0v) is 13.1. The quantitative estimate of drug-likeness (QED) is 0.844. The molecule has 1 atom stereocenters. The van der Waals surface area contributed by atoms with Crippen LogP contribution in [0.15, 0.2) is 36.4 Å². The second-order valence-corrected chi connectivity index (χ2v) is 6.60. The standard InChI is InChI=1S/C17H17FN2OS/c1-11-15(12-7-9-14(18)10-8-12)19-17(22-11)20-16(21)13-5-3-2-4-6-13/h2-3,7-10,13H,4-6H2,1H3,(H,19,20,21). The number of nitrogens with one attached hydrogen (secondary N) is 1. The monoisotopic (exact) mass is 316 g/mol. The third-order valence-corrected chi connectivity index (χ3v) is 4.67. The van der Waals surface area contributed by atoms with E-state index in [1.54, 1.807) is 12.1 Å². The first kappa shape index (κ1) is 14.9. The third kappa shape index (κ3) is 3.25. The third-order valence-electron chi connectivity index (χ3n) is 3.78. The molecule has 1 aromatic carbocycles. The van der Waals surface area contributed by atoms with Gasteiger partial charge in [0.25, 0.3) is 0 Å². The molecular weight excluding hydrogens is 299 g/mol. The number of carbonyl (C=O) groups is 1. The number of carbonyl (C=O) groups excluding carboxylic acids is 1. The minimum atomic E-state index is -0.268. The number of hydrogen-bond acceptors (Lipinski definition) is 3. The van der Waals surface area contributed by atoms with Gasteiger partial charge in [-0.15, -0.1) is 11.3 Å². The fourth-order valence-electron chi connectivity index (χ4n) is 2.56. The van der Waals surface area contributed by atoms with Gasteiger partial charge in [-0.25, -0.2) is 9.37 Å². The van der Waals surface area contributed by atoms with Crippen LogP contribution in [0.5, 0.6) is 0 Å². The molecule has 0 spiro atoms. The number of rotatable bonds is 3. The molecule has 0 saturated carbocycles. The fourth-order valence-corrected chi connectivity index (χ4v) is 3.40. The van der Waals surface area contributed by atoms with Crippen molar-refractivity contribution >= 4 is 22.4 Å². The summed E-state index contributed by atoms with van der Waals surface area (Å²) in [6.07, 6.45) is 6.81. The minimum Gasteiger partial charge on any atom is -0.302 e. The summed E-state index contributed by atoms with van der Waals surface area (Å²) in [5.74, 6) is -0.206. The van der Waals surface area contributed by atoms with Crippen LogP contribution in [0.3, 0.4) is 0 Å². The molecule has 2 aromatic rings. The molecule has 1 unspecified atom stereocenters. The van der Waals surface area contributed by atoms with E-state index in [1.807, 2.05) is 6.92 Å². The SMILES string of the molecule is Cc1sc(NC(=O)C2CC=CCC2)nc1-c1ccc(F)cc1. The zero-order chi connectivity index (χ0) is 15.5. The molecule has 114 valence electrons. The molecule has 0 saturated heterocycles. The Bertz CT molecular complexity index is 706. The van der Waals surface area contributed by atoms with Gasteiger partial charge >= 0.3 is 0 Å². The van der Waals surface area contributed by atoms with Crippen molar-refractivity contribution in [2.75, 3.05) is 5.32 Å². The van der Waals surface area contributed by atoms with Crippen LogP contribution in [-0.4, -0.2) is 10.9 Å². The van der Waals surface area contributed by atoms with Gasteiger partial charge in [-0.3, -0.25) is 4.79 Å². The minimum absolute atomic E-state index is 0.0310. The van der Waals surface area contributed by atoms with E-state index in [0.717, 1.165) is 35.4 Å². The van der Waals surface area contributed by atoms with Crippen molar-refractivity contribution in [1.29, 1.82) is 0 Å². The molecule has 0 radical (unpaired) electrons. The van der Waals surface area contributed by atoms with Crippen LogP contribution in [0.1, 0.15) is 24.1 Å². The van der Waals surface area contributed by atoms with Gasteiger partial charge in [0.1, 0.15) is 5.82 Å². The van der Waals surface area contributed by atoms with E-state index < -0.39 is 0 Å².